The number of carbonyl (C=O) groups is 3. The topological polar surface area (TPSA) is 94.2 Å². The molecule has 1 aliphatic heterocycles. The number of benzene rings is 2. The summed E-state index contributed by atoms with van der Waals surface area (Å²) in [4.78, 5) is 38.6. The van der Waals surface area contributed by atoms with E-state index < -0.39 is 18.0 Å². The van der Waals surface area contributed by atoms with Gasteiger partial charge in [-0.2, -0.15) is 0 Å². The fourth-order valence-corrected chi connectivity index (χ4v) is 3.43. The third-order valence-electron chi connectivity index (χ3n) is 4.97. The van der Waals surface area contributed by atoms with E-state index in [0.29, 0.717) is 11.3 Å². The summed E-state index contributed by atoms with van der Waals surface area (Å²) >= 11 is 0. The largest absolute Gasteiger partial charge is 0.460 e. The van der Waals surface area contributed by atoms with Crippen LogP contribution in [0.15, 0.2) is 47.7 Å². The highest BCUT2D eigenvalue weighted by Gasteiger charge is 2.37. The van der Waals surface area contributed by atoms with Gasteiger partial charge >= 0.3 is 18.0 Å². The maximum absolute atomic E-state index is 13.0. The van der Waals surface area contributed by atoms with Crippen LogP contribution in [0.5, 0.6) is 5.75 Å². The van der Waals surface area contributed by atoms with Crippen LogP contribution < -0.4 is 10.1 Å². The summed E-state index contributed by atoms with van der Waals surface area (Å²) in [6, 6.07) is 9.72. The van der Waals surface area contributed by atoms with E-state index in [1.807, 2.05) is 30.3 Å². The number of carbonyl (C=O) groups excluding carboxylic acids is 3. The van der Waals surface area contributed by atoms with E-state index in [0.717, 1.165) is 10.8 Å². The van der Waals surface area contributed by atoms with Crippen molar-refractivity contribution in [1.29, 1.82) is 0 Å². The minimum absolute atomic E-state index is 0.0723. The Balaban J connectivity index is 2.20. The fourth-order valence-electron chi connectivity index (χ4n) is 3.43. The molecule has 3 rings (SSSR count). The molecule has 2 aromatic carbocycles. The van der Waals surface area contributed by atoms with Crippen molar-refractivity contribution in [2.75, 3.05) is 27.4 Å². The van der Waals surface area contributed by atoms with Crippen LogP contribution in [0.4, 0.5) is 4.79 Å². The van der Waals surface area contributed by atoms with Crippen LogP contribution in [0, 0.1) is 0 Å². The van der Waals surface area contributed by atoms with Crippen molar-refractivity contribution in [3.8, 4) is 5.75 Å². The van der Waals surface area contributed by atoms with E-state index >= 15 is 0 Å². The summed E-state index contributed by atoms with van der Waals surface area (Å²) in [7, 11) is 3.08. The van der Waals surface area contributed by atoms with Crippen LogP contribution >= 0.6 is 0 Å². The lowest BCUT2D eigenvalue weighted by atomic mass is 9.90. The average molecular weight is 412 g/mol. The molecule has 8 heteroatoms. The number of ether oxygens (including phenoxy) is 3. The summed E-state index contributed by atoms with van der Waals surface area (Å²) in [6.07, 6.45) is 0. The first kappa shape index (κ1) is 21.3. The van der Waals surface area contributed by atoms with Crippen molar-refractivity contribution in [3.05, 3.63) is 53.2 Å². The Bertz CT molecular complexity index is 1030. The Morgan fingerprint density at radius 3 is 2.57 bits per heavy atom. The Hall–Kier alpha value is -3.39. The van der Waals surface area contributed by atoms with E-state index in [-0.39, 0.29) is 30.6 Å². The summed E-state index contributed by atoms with van der Waals surface area (Å²) in [5, 5.41) is 4.47. The van der Waals surface area contributed by atoms with Crippen molar-refractivity contribution in [2.24, 2.45) is 0 Å². The molecule has 1 N–H and O–H groups in total. The molecule has 0 aliphatic carbocycles. The second-order valence-electron chi connectivity index (χ2n) is 6.86. The summed E-state index contributed by atoms with van der Waals surface area (Å²) in [6.45, 7) is 3.29. The van der Waals surface area contributed by atoms with Crippen molar-refractivity contribution in [2.45, 2.75) is 19.9 Å². The number of nitrogens with zero attached hydrogens (tertiary/aromatic N) is 1. The van der Waals surface area contributed by atoms with Gasteiger partial charge in [0.15, 0.2) is 0 Å². The second kappa shape index (κ2) is 8.96. The standard InChI is InChI=1S/C22H24N2O6/c1-13-18(21(26)29-12-11-28-4)20(23-22(27)24(13)3)19-16-8-6-5-7-15(16)9-10-17(19)30-14(2)25/h5-10,20H,11-12H2,1-4H3,(H,23,27). The molecule has 0 spiro atoms. The summed E-state index contributed by atoms with van der Waals surface area (Å²) < 4.78 is 15.7. The molecule has 0 saturated carbocycles. The van der Waals surface area contributed by atoms with Gasteiger partial charge in [-0.25, -0.2) is 9.59 Å². The lowest BCUT2D eigenvalue weighted by molar-refractivity contribution is -0.140. The number of nitrogens with one attached hydrogen (secondary N) is 1. The first-order valence-electron chi connectivity index (χ1n) is 9.46. The van der Waals surface area contributed by atoms with Crippen molar-refractivity contribution >= 4 is 28.7 Å². The number of esters is 2. The zero-order chi connectivity index (χ0) is 21.8. The van der Waals surface area contributed by atoms with Gasteiger partial charge in [0.05, 0.1) is 18.2 Å². The number of rotatable bonds is 6. The number of fused-ring (bicyclic) bond motifs is 1. The number of methoxy groups -OCH3 is 1. The normalized spacial score (nSPS) is 16.5. The summed E-state index contributed by atoms with van der Waals surface area (Å²) in [5.74, 6) is -0.815. The third-order valence-corrected chi connectivity index (χ3v) is 4.97. The molecule has 30 heavy (non-hydrogen) atoms. The van der Waals surface area contributed by atoms with Gasteiger partial charge in [0.1, 0.15) is 12.4 Å². The van der Waals surface area contributed by atoms with Gasteiger partial charge in [0.2, 0.25) is 0 Å². The van der Waals surface area contributed by atoms with Gasteiger partial charge in [0.25, 0.3) is 0 Å². The SMILES string of the molecule is COCCOC(=O)C1=C(C)N(C)C(=O)NC1c1c(OC(C)=O)ccc2ccccc12. The monoisotopic (exact) mass is 412 g/mol. The fraction of sp³-hybridized carbons (Fsp3) is 0.318. The highest BCUT2D eigenvalue weighted by Crippen LogP contribution is 2.40. The number of allylic oxidation sites excluding steroid dienone is 1. The molecule has 1 atom stereocenters. The minimum Gasteiger partial charge on any atom is -0.460 e. The highest BCUT2D eigenvalue weighted by molar-refractivity contribution is 5.98. The Kier molecular flexibility index (Phi) is 6.37. The summed E-state index contributed by atoms with van der Waals surface area (Å²) in [5.41, 5.74) is 1.23. The molecular weight excluding hydrogens is 388 g/mol. The van der Waals surface area contributed by atoms with E-state index in [2.05, 4.69) is 5.32 Å². The lowest BCUT2D eigenvalue weighted by Crippen LogP contribution is -2.46. The molecule has 0 radical (unpaired) electrons. The Morgan fingerprint density at radius 2 is 1.87 bits per heavy atom. The zero-order valence-electron chi connectivity index (χ0n) is 17.4. The number of urea groups is 1. The number of hydrogen-bond donors (Lipinski definition) is 1. The molecular formula is C22H24N2O6. The molecule has 158 valence electrons. The molecule has 1 heterocycles. The number of hydrogen-bond acceptors (Lipinski definition) is 6. The lowest BCUT2D eigenvalue weighted by Gasteiger charge is -2.34. The predicted octanol–water partition coefficient (Wildman–Crippen LogP) is 2.92. The van der Waals surface area contributed by atoms with E-state index in [1.165, 1.54) is 18.9 Å². The molecule has 2 amide bonds. The van der Waals surface area contributed by atoms with Gasteiger partial charge in [-0.05, 0) is 23.8 Å². The minimum atomic E-state index is -0.857. The predicted molar refractivity (Wildman–Crippen MR) is 110 cm³/mol. The van der Waals surface area contributed by atoms with Gasteiger partial charge in [0, 0.05) is 32.3 Å². The molecule has 1 unspecified atom stereocenters. The van der Waals surface area contributed by atoms with Gasteiger partial charge < -0.3 is 24.4 Å². The second-order valence-corrected chi connectivity index (χ2v) is 6.86. The van der Waals surface area contributed by atoms with Crippen molar-refractivity contribution in [3.63, 3.8) is 0 Å². The molecule has 1 aliphatic rings. The third kappa shape index (κ3) is 4.13. The quantitative estimate of drug-likeness (QED) is 0.445. The van der Waals surface area contributed by atoms with Crippen LogP contribution in [0.25, 0.3) is 10.8 Å². The maximum atomic E-state index is 13.0. The molecule has 0 saturated heterocycles. The van der Waals surface area contributed by atoms with Gasteiger partial charge in [-0.1, -0.05) is 30.3 Å². The van der Waals surface area contributed by atoms with Crippen LogP contribution in [0.1, 0.15) is 25.5 Å². The smallest absolute Gasteiger partial charge is 0.338 e. The first-order valence-corrected chi connectivity index (χ1v) is 9.46. The maximum Gasteiger partial charge on any atom is 0.338 e. The van der Waals surface area contributed by atoms with Crippen LogP contribution in [0.2, 0.25) is 0 Å². The molecule has 0 fully saturated rings. The Labute approximate surface area is 174 Å². The van der Waals surface area contributed by atoms with Crippen LogP contribution in [0.3, 0.4) is 0 Å². The van der Waals surface area contributed by atoms with Crippen molar-refractivity contribution < 1.29 is 28.6 Å². The molecule has 2 aromatic rings. The molecule has 8 nitrogen and oxygen atoms in total. The van der Waals surface area contributed by atoms with Gasteiger partial charge in [-0.15, -0.1) is 0 Å². The molecule has 0 bridgehead atoms. The number of amides is 2. The first-order chi connectivity index (χ1) is 14.3. The zero-order valence-corrected chi connectivity index (χ0v) is 17.4. The average Bonchev–Trinajstić information content (AvgIpc) is 2.71. The van der Waals surface area contributed by atoms with Gasteiger partial charge in [-0.3, -0.25) is 4.79 Å². The molecule has 0 aromatic heterocycles. The van der Waals surface area contributed by atoms with E-state index in [4.69, 9.17) is 14.2 Å². The van der Waals surface area contributed by atoms with Crippen LogP contribution in [-0.2, 0) is 19.1 Å². The highest BCUT2D eigenvalue weighted by atomic mass is 16.6. The van der Waals surface area contributed by atoms with E-state index in [1.54, 1.807) is 20.0 Å². The van der Waals surface area contributed by atoms with Crippen molar-refractivity contribution in [1.82, 2.24) is 10.2 Å². The Morgan fingerprint density at radius 1 is 1.13 bits per heavy atom. The van der Waals surface area contributed by atoms with Crippen LogP contribution in [-0.4, -0.2) is 50.2 Å². The van der Waals surface area contributed by atoms with E-state index in [9.17, 15) is 14.4 Å².